The number of ether oxygens (including phenoxy) is 1. The first-order valence-corrected chi connectivity index (χ1v) is 6.84. The van der Waals surface area contributed by atoms with Crippen LogP contribution in [0.5, 0.6) is 5.75 Å². The van der Waals surface area contributed by atoms with Crippen molar-refractivity contribution in [3.05, 3.63) is 22.7 Å². The Balaban J connectivity index is 2.22. The molecule has 0 aliphatic carbocycles. The number of halogens is 1. The van der Waals surface area contributed by atoms with Crippen molar-refractivity contribution in [2.45, 2.75) is 18.3 Å². The molecule has 1 spiro atoms. The summed E-state index contributed by atoms with van der Waals surface area (Å²) in [5.74, 6) is 0.933. The number of nitrogens with zero attached hydrogens (tertiary/aromatic N) is 1. The van der Waals surface area contributed by atoms with Crippen LogP contribution in [0.3, 0.4) is 0 Å². The number of anilines is 1. The third-order valence-electron chi connectivity index (χ3n) is 4.39. The molecule has 18 heavy (non-hydrogen) atoms. The minimum Gasteiger partial charge on any atom is -0.495 e. The quantitative estimate of drug-likeness (QED) is 0.845. The molecule has 1 aromatic carbocycles. The molecule has 3 nitrogen and oxygen atoms in total. The summed E-state index contributed by atoms with van der Waals surface area (Å²) >= 11 is 6.50. The number of hydrogen-bond donors (Lipinski definition) is 1. The highest BCUT2D eigenvalue weighted by atomic mass is 35.5. The summed E-state index contributed by atoms with van der Waals surface area (Å²) in [6.45, 7) is 3.17. The molecule has 1 fully saturated rings. The third-order valence-corrected chi connectivity index (χ3v) is 4.71. The molecule has 2 aliphatic rings. The van der Waals surface area contributed by atoms with Gasteiger partial charge in [-0.05, 0) is 31.5 Å². The predicted octanol–water partition coefficient (Wildman–Crippen LogP) is 2.42. The van der Waals surface area contributed by atoms with Crippen molar-refractivity contribution in [2.75, 3.05) is 38.7 Å². The van der Waals surface area contributed by atoms with Crippen LogP contribution in [0.4, 0.5) is 5.69 Å². The van der Waals surface area contributed by atoms with Crippen molar-refractivity contribution in [3.63, 3.8) is 0 Å². The second kappa shape index (κ2) is 4.32. The maximum Gasteiger partial charge on any atom is 0.142 e. The lowest BCUT2D eigenvalue weighted by atomic mass is 9.73. The Bertz CT molecular complexity index is 469. The Morgan fingerprint density at radius 3 is 2.89 bits per heavy atom. The molecule has 0 amide bonds. The van der Waals surface area contributed by atoms with E-state index in [1.807, 2.05) is 12.1 Å². The molecule has 98 valence electrons. The Kier molecular flexibility index (Phi) is 2.91. The lowest BCUT2D eigenvalue weighted by Crippen LogP contribution is -2.40. The summed E-state index contributed by atoms with van der Waals surface area (Å²) in [5, 5.41) is 4.36. The van der Waals surface area contributed by atoms with E-state index < -0.39 is 0 Å². The summed E-state index contributed by atoms with van der Waals surface area (Å²) in [4.78, 5) is 2.27. The number of hydrogen-bond acceptors (Lipinski definition) is 3. The van der Waals surface area contributed by atoms with Crippen LogP contribution in [0, 0.1) is 0 Å². The van der Waals surface area contributed by atoms with Crippen LogP contribution in [0.1, 0.15) is 18.4 Å². The Morgan fingerprint density at radius 2 is 2.22 bits per heavy atom. The summed E-state index contributed by atoms with van der Waals surface area (Å²) in [6.07, 6.45) is 2.33. The number of rotatable bonds is 1. The van der Waals surface area contributed by atoms with Crippen molar-refractivity contribution >= 4 is 17.3 Å². The molecule has 1 aromatic rings. The molecule has 0 radical (unpaired) electrons. The monoisotopic (exact) mass is 266 g/mol. The normalized spacial score (nSPS) is 26.5. The average Bonchev–Trinajstić information content (AvgIpc) is 2.84. The molecular weight excluding hydrogens is 248 g/mol. The van der Waals surface area contributed by atoms with Gasteiger partial charge in [0.1, 0.15) is 5.75 Å². The smallest absolute Gasteiger partial charge is 0.142 e. The van der Waals surface area contributed by atoms with E-state index in [1.165, 1.54) is 17.7 Å². The minimum absolute atomic E-state index is 0.202. The largest absolute Gasteiger partial charge is 0.495 e. The Hall–Kier alpha value is -0.930. The van der Waals surface area contributed by atoms with Crippen molar-refractivity contribution in [1.82, 2.24) is 5.32 Å². The highest BCUT2D eigenvalue weighted by Gasteiger charge is 2.43. The SMILES string of the molecule is COc1ccc(Cl)c2c1N(C)CCC21CCNC1. The van der Waals surface area contributed by atoms with E-state index in [1.54, 1.807) is 7.11 Å². The molecule has 1 saturated heterocycles. The maximum atomic E-state index is 6.50. The Labute approximate surface area is 113 Å². The first-order chi connectivity index (χ1) is 8.68. The van der Waals surface area contributed by atoms with E-state index in [0.29, 0.717) is 0 Å². The molecular formula is C14H19ClN2O. The second-order valence-corrected chi connectivity index (χ2v) is 5.76. The van der Waals surface area contributed by atoms with Crippen LogP contribution in [0.25, 0.3) is 0 Å². The number of benzene rings is 1. The lowest BCUT2D eigenvalue weighted by molar-refractivity contribution is 0.391. The van der Waals surface area contributed by atoms with Gasteiger partial charge < -0.3 is 15.0 Å². The van der Waals surface area contributed by atoms with Gasteiger partial charge in [0.2, 0.25) is 0 Å². The van der Waals surface area contributed by atoms with E-state index in [0.717, 1.165) is 36.8 Å². The number of nitrogens with one attached hydrogen (secondary N) is 1. The predicted molar refractivity (Wildman–Crippen MR) is 75.1 cm³/mol. The summed E-state index contributed by atoms with van der Waals surface area (Å²) < 4.78 is 5.52. The van der Waals surface area contributed by atoms with Crippen molar-refractivity contribution in [2.24, 2.45) is 0 Å². The van der Waals surface area contributed by atoms with Gasteiger partial charge in [0.05, 0.1) is 12.8 Å². The third kappa shape index (κ3) is 1.61. The minimum atomic E-state index is 0.202. The molecule has 1 atom stereocenters. The van der Waals surface area contributed by atoms with Gasteiger partial charge in [-0.15, -0.1) is 0 Å². The van der Waals surface area contributed by atoms with E-state index in [2.05, 4.69) is 17.3 Å². The van der Waals surface area contributed by atoms with Gasteiger partial charge in [-0.2, -0.15) is 0 Å². The zero-order chi connectivity index (χ0) is 12.8. The first-order valence-electron chi connectivity index (χ1n) is 6.47. The maximum absolute atomic E-state index is 6.50. The molecule has 0 saturated carbocycles. The molecule has 0 aromatic heterocycles. The molecule has 2 aliphatic heterocycles. The molecule has 1 unspecified atom stereocenters. The summed E-state index contributed by atoms with van der Waals surface area (Å²) in [6, 6.07) is 3.94. The standard InChI is InChI=1S/C14H19ClN2O/c1-17-8-6-14(5-7-16-9-14)12-10(15)3-4-11(18-2)13(12)17/h3-4,16H,5-9H2,1-2H3. The molecule has 0 bridgehead atoms. The van der Waals surface area contributed by atoms with Gasteiger partial charge in [0.15, 0.2) is 0 Å². The van der Waals surface area contributed by atoms with E-state index >= 15 is 0 Å². The van der Waals surface area contributed by atoms with Crippen molar-refractivity contribution in [1.29, 1.82) is 0 Å². The van der Waals surface area contributed by atoms with Crippen LogP contribution in [0.2, 0.25) is 5.02 Å². The molecule has 4 heteroatoms. The van der Waals surface area contributed by atoms with E-state index in [-0.39, 0.29) is 5.41 Å². The van der Waals surface area contributed by atoms with Gasteiger partial charge in [0.25, 0.3) is 0 Å². The van der Waals surface area contributed by atoms with Gasteiger partial charge in [-0.3, -0.25) is 0 Å². The number of fused-ring (bicyclic) bond motifs is 2. The lowest BCUT2D eigenvalue weighted by Gasteiger charge is -2.41. The average molecular weight is 267 g/mol. The summed E-state index contributed by atoms with van der Waals surface area (Å²) in [5.41, 5.74) is 2.66. The second-order valence-electron chi connectivity index (χ2n) is 5.35. The van der Waals surface area contributed by atoms with Crippen LogP contribution >= 0.6 is 11.6 Å². The number of methoxy groups -OCH3 is 1. The zero-order valence-electron chi connectivity index (χ0n) is 10.9. The highest BCUT2D eigenvalue weighted by Crippen LogP contribution is 2.50. The summed E-state index contributed by atoms with van der Waals surface area (Å²) in [7, 11) is 3.85. The van der Waals surface area contributed by atoms with E-state index in [9.17, 15) is 0 Å². The van der Waals surface area contributed by atoms with Crippen molar-refractivity contribution < 1.29 is 4.74 Å². The van der Waals surface area contributed by atoms with Crippen LogP contribution < -0.4 is 15.0 Å². The molecule has 1 N–H and O–H groups in total. The first kappa shape index (κ1) is 12.1. The van der Waals surface area contributed by atoms with Crippen molar-refractivity contribution in [3.8, 4) is 5.75 Å². The molecule has 2 heterocycles. The van der Waals surface area contributed by atoms with E-state index in [4.69, 9.17) is 16.3 Å². The van der Waals surface area contributed by atoms with Gasteiger partial charge >= 0.3 is 0 Å². The highest BCUT2D eigenvalue weighted by molar-refractivity contribution is 6.32. The fraction of sp³-hybridized carbons (Fsp3) is 0.571. The fourth-order valence-corrected chi connectivity index (χ4v) is 3.74. The Morgan fingerprint density at radius 1 is 1.39 bits per heavy atom. The van der Waals surface area contributed by atoms with Crippen LogP contribution in [-0.2, 0) is 5.41 Å². The van der Waals surface area contributed by atoms with Gasteiger partial charge in [-0.25, -0.2) is 0 Å². The topological polar surface area (TPSA) is 24.5 Å². The zero-order valence-corrected chi connectivity index (χ0v) is 11.7. The van der Waals surface area contributed by atoms with Crippen LogP contribution in [0.15, 0.2) is 12.1 Å². The van der Waals surface area contributed by atoms with Gasteiger partial charge in [-0.1, -0.05) is 11.6 Å². The molecule has 3 rings (SSSR count). The van der Waals surface area contributed by atoms with Crippen LogP contribution in [-0.4, -0.2) is 33.8 Å². The fourth-order valence-electron chi connectivity index (χ4n) is 3.38. The van der Waals surface area contributed by atoms with Gasteiger partial charge in [0, 0.05) is 36.1 Å².